The molecule has 4 N–H and O–H groups in total. The minimum Gasteiger partial charge on any atom is -0.315 e. The van der Waals surface area contributed by atoms with Crippen LogP contribution in [0.15, 0.2) is 17.5 Å². The Kier molecular flexibility index (Phi) is 1.41. The molecule has 1 aromatic rings. The first-order valence-electron chi connectivity index (χ1n) is 3.41. The Morgan fingerprint density at radius 2 is 2.42 bits per heavy atom. The molecule has 0 aliphatic carbocycles. The number of aromatic amines is 1. The molecule has 0 fully saturated rings. The van der Waals surface area contributed by atoms with Crippen LogP contribution in [0.25, 0.3) is 0 Å². The first kappa shape index (κ1) is 6.99. The maximum Gasteiger partial charge on any atom is 0.263 e. The van der Waals surface area contributed by atoms with Crippen LogP contribution in [0.4, 0.5) is 0 Å². The molecule has 0 spiro atoms. The average molecular weight is 165 g/mol. The van der Waals surface area contributed by atoms with Gasteiger partial charge in [0, 0.05) is 11.8 Å². The Morgan fingerprint density at radius 1 is 1.58 bits per heavy atom. The number of rotatable bonds is 1. The Bertz CT molecular complexity index is 328. The van der Waals surface area contributed by atoms with E-state index >= 15 is 0 Å². The van der Waals surface area contributed by atoms with Crippen molar-refractivity contribution in [2.75, 3.05) is 0 Å². The third-order valence-electron chi connectivity index (χ3n) is 1.66. The van der Waals surface area contributed by atoms with E-state index in [2.05, 4.69) is 20.7 Å². The molecule has 1 unspecified atom stereocenters. The van der Waals surface area contributed by atoms with Gasteiger partial charge in [-0.1, -0.05) is 0 Å². The van der Waals surface area contributed by atoms with Gasteiger partial charge in [-0.3, -0.25) is 9.89 Å². The number of hydrogen-bond acceptors (Lipinski definition) is 4. The van der Waals surface area contributed by atoms with Crippen LogP contribution >= 0.6 is 0 Å². The highest BCUT2D eigenvalue weighted by atomic mass is 16.2. The van der Waals surface area contributed by atoms with E-state index in [9.17, 15) is 4.79 Å². The van der Waals surface area contributed by atoms with E-state index in [0.717, 1.165) is 5.56 Å². The number of H-pyrrole nitrogens is 1. The summed E-state index contributed by atoms with van der Waals surface area (Å²) < 4.78 is 0. The summed E-state index contributed by atoms with van der Waals surface area (Å²) in [5, 5.41) is 10.1. The third-order valence-corrected chi connectivity index (χ3v) is 1.66. The molecule has 1 aliphatic rings. The predicted molar refractivity (Wildman–Crippen MR) is 41.2 cm³/mol. The lowest BCUT2D eigenvalue weighted by Crippen LogP contribution is -2.37. The summed E-state index contributed by atoms with van der Waals surface area (Å²) in [7, 11) is 0. The summed E-state index contributed by atoms with van der Waals surface area (Å²) in [5.74, 6) is -0.286. The fraction of sp³-hybridized carbons (Fsp3) is 0.167. The van der Waals surface area contributed by atoms with Gasteiger partial charge in [-0.25, -0.2) is 5.43 Å². The van der Waals surface area contributed by atoms with Crippen LogP contribution in [-0.2, 0) is 4.79 Å². The lowest BCUT2D eigenvalue weighted by atomic mass is 10.1. The summed E-state index contributed by atoms with van der Waals surface area (Å²) in [6, 6.07) is -0.678. The molecule has 0 radical (unpaired) electrons. The van der Waals surface area contributed by atoms with Gasteiger partial charge in [-0.15, -0.1) is 0 Å². The number of carbonyl (C=O) groups excluding carboxylic acids is 1. The highest BCUT2D eigenvalue weighted by Gasteiger charge is 2.27. The van der Waals surface area contributed by atoms with Crippen LogP contribution in [0.5, 0.6) is 0 Å². The molecule has 12 heavy (non-hydrogen) atoms. The number of aromatic nitrogens is 2. The van der Waals surface area contributed by atoms with Crippen LogP contribution in [0.2, 0.25) is 0 Å². The molecule has 1 atom stereocenters. The monoisotopic (exact) mass is 165 g/mol. The van der Waals surface area contributed by atoms with Gasteiger partial charge in [0.2, 0.25) is 0 Å². The van der Waals surface area contributed by atoms with Gasteiger partial charge in [0.25, 0.3) is 5.91 Å². The van der Waals surface area contributed by atoms with Crippen molar-refractivity contribution in [3.8, 4) is 0 Å². The van der Waals surface area contributed by atoms with Crippen LogP contribution < -0.4 is 11.2 Å². The van der Waals surface area contributed by atoms with Crippen molar-refractivity contribution in [1.82, 2.24) is 15.6 Å². The molecule has 0 bridgehead atoms. The van der Waals surface area contributed by atoms with E-state index in [-0.39, 0.29) is 5.91 Å². The normalized spacial score (nSPS) is 22.2. The van der Waals surface area contributed by atoms with Gasteiger partial charge >= 0.3 is 0 Å². The molecule has 0 aromatic carbocycles. The number of nitrogens with zero attached hydrogens (tertiary/aromatic N) is 2. The van der Waals surface area contributed by atoms with Gasteiger partial charge in [0.15, 0.2) is 0 Å². The molecule has 2 heterocycles. The Hall–Kier alpha value is -1.69. The molecule has 1 aromatic heterocycles. The smallest absolute Gasteiger partial charge is 0.263 e. The molecule has 0 saturated carbocycles. The average Bonchev–Trinajstić information content (AvgIpc) is 2.64. The van der Waals surface area contributed by atoms with Gasteiger partial charge in [0.05, 0.1) is 11.9 Å². The van der Waals surface area contributed by atoms with E-state index in [1.165, 1.54) is 0 Å². The van der Waals surface area contributed by atoms with Gasteiger partial charge in [-0.05, 0) is 0 Å². The first-order chi connectivity index (χ1) is 5.79. The zero-order valence-electron chi connectivity index (χ0n) is 6.11. The maximum atomic E-state index is 10.9. The van der Waals surface area contributed by atoms with Gasteiger partial charge < -0.3 is 5.73 Å². The minimum atomic E-state index is -0.678. The van der Waals surface area contributed by atoms with Crippen molar-refractivity contribution >= 4 is 11.6 Å². The van der Waals surface area contributed by atoms with Crippen molar-refractivity contribution in [3.05, 3.63) is 18.0 Å². The molecule has 62 valence electrons. The number of hydrogen-bond donors (Lipinski definition) is 3. The number of carbonyl (C=O) groups is 1. The zero-order chi connectivity index (χ0) is 8.55. The van der Waals surface area contributed by atoms with E-state index in [0.29, 0.717) is 5.71 Å². The minimum absolute atomic E-state index is 0.286. The number of hydrazone groups is 1. The van der Waals surface area contributed by atoms with Gasteiger partial charge in [-0.2, -0.15) is 10.2 Å². The third kappa shape index (κ3) is 0.892. The summed E-state index contributed by atoms with van der Waals surface area (Å²) in [5.41, 5.74) is 9.08. The highest BCUT2D eigenvalue weighted by molar-refractivity contribution is 6.19. The van der Waals surface area contributed by atoms with Crippen molar-refractivity contribution in [1.29, 1.82) is 0 Å². The molecular formula is C6H7N5O. The van der Waals surface area contributed by atoms with Gasteiger partial charge in [0.1, 0.15) is 6.04 Å². The molecular weight excluding hydrogens is 158 g/mol. The lowest BCUT2D eigenvalue weighted by Gasteiger charge is -1.99. The topological polar surface area (TPSA) is 96.2 Å². The van der Waals surface area contributed by atoms with Crippen molar-refractivity contribution in [2.24, 2.45) is 10.8 Å². The lowest BCUT2D eigenvalue weighted by molar-refractivity contribution is -0.120. The van der Waals surface area contributed by atoms with E-state index in [4.69, 9.17) is 5.73 Å². The first-order valence-corrected chi connectivity index (χ1v) is 3.41. The zero-order valence-corrected chi connectivity index (χ0v) is 6.11. The number of amides is 1. The van der Waals surface area contributed by atoms with E-state index in [1.54, 1.807) is 12.4 Å². The summed E-state index contributed by atoms with van der Waals surface area (Å²) in [6.45, 7) is 0. The second kappa shape index (κ2) is 2.42. The molecule has 2 rings (SSSR count). The highest BCUT2D eigenvalue weighted by Crippen LogP contribution is 2.04. The van der Waals surface area contributed by atoms with E-state index in [1.807, 2.05) is 0 Å². The largest absolute Gasteiger partial charge is 0.315 e. The summed E-state index contributed by atoms with van der Waals surface area (Å²) >= 11 is 0. The Morgan fingerprint density at radius 3 is 2.92 bits per heavy atom. The standard InChI is InChI=1S/C6H7N5O/c7-4-5(10-11-6(4)12)3-1-8-9-2-3/h1-2,4H,7H2,(H,8,9)(H,11,12). The molecule has 0 saturated heterocycles. The number of nitrogens with two attached hydrogens (primary N) is 1. The van der Waals surface area contributed by atoms with Crippen molar-refractivity contribution < 1.29 is 4.79 Å². The van der Waals surface area contributed by atoms with E-state index < -0.39 is 6.04 Å². The molecule has 6 nitrogen and oxygen atoms in total. The fourth-order valence-corrected chi connectivity index (χ4v) is 1.01. The molecule has 1 amide bonds. The Balaban J connectivity index is 2.32. The van der Waals surface area contributed by atoms with Crippen LogP contribution in [-0.4, -0.2) is 27.9 Å². The van der Waals surface area contributed by atoms with Crippen molar-refractivity contribution in [2.45, 2.75) is 6.04 Å². The second-order valence-corrected chi connectivity index (χ2v) is 2.44. The van der Waals surface area contributed by atoms with Crippen LogP contribution in [0, 0.1) is 0 Å². The van der Waals surface area contributed by atoms with Crippen LogP contribution in [0.1, 0.15) is 5.56 Å². The predicted octanol–water partition coefficient (Wildman–Crippen LogP) is -1.43. The van der Waals surface area contributed by atoms with Crippen molar-refractivity contribution in [3.63, 3.8) is 0 Å². The number of nitrogens with one attached hydrogen (secondary N) is 2. The molecule has 1 aliphatic heterocycles. The second-order valence-electron chi connectivity index (χ2n) is 2.44. The summed E-state index contributed by atoms with van der Waals surface area (Å²) in [6.07, 6.45) is 3.21. The molecule has 6 heteroatoms. The fourth-order valence-electron chi connectivity index (χ4n) is 1.01. The quantitative estimate of drug-likeness (QED) is 0.476. The summed E-state index contributed by atoms with van der Waals surface area (Å²) in [4.78, 5) is 10.9. The van der Waals surface area contributed by atoms with Crippen LogP contribution in [0.3, 0.4) is 0 Å². The Labute approximate surface area is 67.8 Å². The SMILES string of the molecule is NC1C(=O)NN=C1c1cn[nH]c1. The maximum absolute atomic E-state index is 10.9.